The average Bonchev–Trinajstić information content (AvgIpc) is 2.84. The number of carbonyl (C=O) groups is 1. The van der Waals surface area contributed by atoms with Crippen molar-refractivity contribution in [1.29, 1.82) is 0 Å². The molecule has 0 atom stereocenters. The Labute approximate surface area is 240 Å². The number of benzene rings is 1. The highest BCUT2D eigenvalue weighted by molar-refractivity contribution is 8.76. The van der Waals surface area contributed by atoms with E-state index >= 15 is 0 Å². The van der Waals surface area contributed by atoms with Crippen LogP contribution in [-0.2, 0) is 36.6 Å². The second-order valence-corrected chi connectivity index (χ2v) is 19.4. The Hall–Kier alpha value is -0.593. The zero-order valence-electron chi connectivity index (χ0n) is 25.1. The van der Waals surface area contributed by atoms with Crippen LogP contribution in [0.2, 0.25) is 18.1 Å². The molecule has 0 saturated carbocycles. The Morgan fingerprint density at radius 3 is 2.16 bits per heavy atom. The number of carbonyl (C=O) groups excluding carboxylic acids is 1. The van der Waals surface area contributed by atoms with Crippen molar-refractivity contribution < 1.29 is 28.5 Å². The summed E-state index contributed by atoms with van der Waals surface area (Å²) >= 11 is 0. The van der Waals surface area contributed by atoms with Gasteiger partial charge in [-0.3, -0.25) is 4.79 Å². The predicted molar refractivity (Wildman–Crippen MR) is 165 cm³/mol. The molecular weight excluding hydrogens is 539 g/mol. The summed E-state index contributed by atoms with van der Waals surface area (Å²) in [7, 11) is 3.20. The summed E-state index contributed by atoms with van der Waals surface area (Å²) in [6.45, 7) is 18.6. The third-order valence-electron chi connectivity index (χ3n) is 6.75. The van der Waals surface area contributed by atoms with E-state index in [0.717, 1.165) is 23.2 Å². The molecule has 0 aliphatic rings. The number of rotatable bonds is 19. The molecule has 1 aromatic rings. The summed E-state index contributed by atoms with van der Waals surface area (Å²) < 4.78 is 22.7. The van der Waals surface area contributed by atoms with Crippen LogP contribution in [0.3, 0.4) is 0 Å². The number of methoxy groups -OCH3 is 1. The topological polar surface area (TPSA) is 77.5 Å². The summed E-state index contributed by atoms with van der Waals surface area (Å²) in [6.07, 6.45) is 3.26. The normalized spacial score (nSPS) is 12.7. The second-order valence-electron chi connectivity index (χ2n) is 11.5. The lowest BCUT2D eigenvalue weighted by molar-refractivity contribution is -0.119. The van der Waals surface area contributed by atoms with E-state index in [9.17, 15) is 9.90 Å². The molecule has 0 aromatic heterocycles. The summed E-state index contributed by atoms with van der Waals surface area (Å²) in [5.41, 5.74) is 2.49. The van der Waals surface area contributed by atoms with Gasteiger partial charge in [0.15, 0.2) is 8.32 Å². The molecule has 1 rings (SSSR count). The molecule has 1 N–H and O–H groups in total. The van der Waals surface area contributed by atoms with Crippen molar-refractivity contribution in [3.8, 4) is 0 Å². The van der Waals surface area contributed by atoms with Gasteiger partial charge in [0.05, 0.1) is 46.2 Å². The monoisotopic (exact) mass is 589 g/mol. The minimum absolute atomic E-state index is 0.00803. The van der Waals surface area contributed by atoms with Crippen LogP contribution in [0, 0.1) is 0 Å². The first-order chi connectivity index (χ1) is 17.8. The molecular formula is C28H51NO6S2Si. The fourth-order valence-corrected chi connectivity index (χ4v) is 6.58. The van der Waals surface area contributed by atoms with Crippen molar-refractivity contribution in [3.63, 3.8) is 0 Å². The minimum atomic E-state index is -1.95. The van der Waals surface area contributed by atoms with Crippen LogP contribution in [0.25, 0.3) is 0 Å². The number of nitrogens with zero attached hydrogens (tertiary/aromatic N) is 1. The third-order valence-corrected chi connectivity index (χ3v) is 13.9. The fourth-order valence-electron chi connectivity index (χ4n) is 3.38. The van der Waals surface area contributed by atoms with Crippen molar-refractivity contribution in [1.82, 2.24) is 0 Å². The van der Waals surface area contributed by atoms with Crippen LogP contribution in [0.4, 0.5) is 5.69 Å². The number of ether oxygens (including phenoxy) is 3. The highest BCUT2D eigenvalue weighted by Crippen LogP contribution is 2.38. The first kappa shape index (κ1) is 35.4. The van der Waals surface area contributed by atoms with Crippen molar-refractivity contribution in [2.75, 3.05) is 57.8 Å². The molecule has 0 saturated heterocycles. The van der Waals surface area contributed by atoms with E-state index in [-0.39, 0.29) is 22.3 Å². The zero-order chi connectivity index (χ0) is 28.8. The summed E-state index contributed by atoms with van der Waals surface area (Å²) in [4.78, 5) is 15.3. The van der Waals surface area contributed by atoms with Crippen molar-refractivity contribution in [3.05, 3.63) is 29.3 Å². The first-order valence-corrected chi connectivity index (χ1v) is 18.8. The maximum absolute atomic E-state index is 13.5. The van der Waals surface area contributed by atoms with E-state index in [1.807, 2.05) is 18.2 Å². The molecule has 1 aromatic carbocycles. The third kappa shape index (κ3) is 13.2. The van der Waals surface area contributed by atoms with Crippen LogP contribution < -0.4 is 4.90 Å². The van der Waals surface area contributed by atoms with Crippen LogP contribution >= 0.6 is 21.6 Å². The van der Waals surface area contributed by atoms with E-state index in [1.54, 1.807) is 33.6 Å². The number of aliphatic hydroxyl groups excluding tert-OH is 1. The zero-order valence-corrected chi connectivity index (χ0v) is 27.7. The Balaban J connectivity index is 3.05. The van der Waals surface area contributed by atoms with E-state index in [2.05, 4.69) is 54.0 Å². The van der Waals surface area contributed by atoms with E-state index in [4.69, 9.17) is 18.6 Å². The van der Waals surface area contributed by atoms with Gasteiger partial charge in [-0.25, -0.2) is 0 Å². The summed E-state index contributed by atoms with van der Waals surface area (Å²) in [5.74, 6) is 0.0473. The Kier molecular flexibility index (Phi) is 16.1. The molecule has 0 bridgehead atoms. The standard InChI is InChI=1S/C28H51NO6S2Si/c1-27(2,3)38(8,9)35-22-24-18-23(21-30)19-25(20-24)29(12-13-33-16-17-34-15-14-32-6)26(31)10-11-28(4,5)37-36-7/h18-20,30H,10-17,21-22H2,1-9H3. The number of hydrogen-bond acceptors (Lipinski definition) is 8. The van der Waals surface area contributed by atoms with Crippen LogP contribution in [0.1, 0.15) is 58.6 Å². The molecule has 0 fully saturated rings. The highest BCUT2D eigenvalue weighted by atomic mass is 33.1. The van der Waals surface area contributed by atoms with Gasteiger partial charge < -0.3 is 28.6 Å². The molecule has 0 unspecified atom stereocenters. The second kappa shape index (κ2) is 17.3. The van der Waals surface area contributed by atoms with E-state index in [1.165, 1.54) is 0 Å². The Bertz CT molecular complexity index is 832. The molecule has 38 heavy (non-hydrogen) atoms. The lowest BCUT2D eigenvalue weighted by Crippen LogP contribution is -2.40. The van der Waals surface area contributed by atoms with Gasteiger partial charge in [0.25, 0.3) is 0 Å². The molecule has 7 nitrogen and oxygen atoms in total. The highest BCUT2D eigenvalue weighted by Gasteiger charge is 2.37. The van der Waals surface area contributed by atoms with Crippen molar-refractivity contribution in [2.24, 2.45) is 0 Å². The van der Waals surface area contributed by atoms with Gasteiger partial charge in [-0.05, 0) is 67.9 Å². The lowest BCUT2D eigenvalue weighted by Gasteiger charge is -2.36. The van der Waals surface area contributed by atoms with Gasteiger partial charge in [0.1, 0.15) is 0 Å². The van der Waals surface area contributed by atoms with Gasteiger partial charge in [0.2, 0.25) is 5.91 Å². The molecule has 0 heterocycles. The fraction of sp³-hybridized carbons (Fsp3) is 0.750. The minimum Gasteiger partial charge on any atom is -0.413 e. The summed E-state index contributed by atoms with van der Waals surface area (Å²) in [6, 6.07) is 5.87. The van der Waals surface area contributed by atoms with Gasteiger partial charge >= 0.3 is 0 Å². The molecule has 220 valence electrons. The van der Waals surface area contributed by atoms with Crippen LogP contribution in [0.5, 0.6) is 0 Å². The van der Waals surface area contributed by atoms with E-state index < -0.39 is 8.32 Å². The number of hydrogen-bond donors (Lipinski definition) is 1. The van der Waals surface area contributed by atoms with Crippen molar-refractivity contribution >= 4 is 41.5 Å². The quantitative estimate of drug-likeness (QED) is 0.115. The largest absolute Gasteiger partial charge is 0.413 e. The molecule has 10 heteroatoms. The van der Waals surface area contributed by atoms with Crippen LogP contribution in [0.15, 0.2) is 18.2 Å². The van der Waals surface area contributed by atoms with Crippen molar-refractivity contribution in [2.45, 2.75) is 83.6 Å². The Morgan fingerprint density at radius 1 is 0.974 bits per heavy atom. The molecule has 0 radical (unpaired) electrons. The maximum Gasteiger partial charge on any atom is 0.227 e. The SMILES string of the molecule is COCCOCCOCCN(C(=O)CCC(C)(C)SSC)c1cc(CO)cc(CO[Si](C)(C)C(C)(C)C)c1. The van der Waals surface area contributed by atoms with Gasteiger partial charge in [0, 0.05) is 30.5 Å². The molecule has 0 aliphatic heterocycles. The van der Waals surface area contributed by atoms with Gasteiger partial charge in [-0.1, -0.05) is 48.4 Å². The van der Waals surface area contributed by atoms with Gasteiger partial charge in [-0.2, -0.15) is 0 Å². The average molecular weight is 590 g/mol. The molecule has 1 amide bonds. The number of aliphatic hydroxyl groups is 1. The maximum atomic E-state index is 13.5. The predicted octanol–water partition coefficient (Wildman–Crippen LogP) is 6.28. The van der Waals surface area contributed by atoms with Crippen LogP contribution in [-0.4, -0.2) is 77.0 Å². The molecule has 0 aliphatic carbocycles. The summed E-state index contributed by atoms with van der Waals surface area (Å²) in [5, 5.41) is 10.1. The lowest BCUT2D eigenvalue weighted by atomic mass is 10.1. The van der Waals surface area contributed by atoms with E-state index in [0.29, 0.717) is 52.6 Å². The molecule has 0 spiro atoms. The Morgan fingerprint density at radius 2 is 1.58 bits per heavy atom. The van der Waals surface area contributed by atoms with Gasteiger partial charge in [-0.15, -0.1) is 0 Å². The first-order valence-electron chi connectivity index (χ1n) is 13.3. The number of amides is 1. The smallest absolute Gasteiger partial charge is 0.227 e. The number of anilines is 1.